The van der Waals surface area contributed by atoms with E-state index in [1.165, 1.54) is 5.75 Å². The Morgan fingerprint density at radius 1 is 1.44 bits per heavy atom. The van der Waals surface area contributed by atoms with Crippen molar-refractivity contribution in [1.82, 2.24) is 15.5 Å². The minimum Gasteiger partial charge on any atom is -0.338 e. The van der Waals surface area contributed by atoms with Crippen molar-refractivity contribution >= 4 is 17.7 Å². The first-order valence-electron chi connectivity index (χ1n) is 7.12. The SMILES string of the molecule is CCCN(C(=O)CC1CSCCN1)C1CCNC1. The van der Waals surface area contributed by atoms with Crippen LogP contribution in [0.1, 0.15) is 26.2 Å². The van der Waals surface area contributed by atoms with Crippen molar-refractivity contribution < 1.29 is 4.79 Å². The van der Waals surface area contributed by atoms with Crippen LogP contribution in [0.25, 0.3) is 0 Å². The van der Waals surface area contributed by atoms with Crippen molar-refractivity contribution in [2.24, 2.45) is 0 Å². The van der Waals surface area contributed by atoms with E-state index in [0.29, 0.717) is 24.4 Å². The number of nitrogens with zero attached hydrogens (tertiary/aromatic N) is 1. The molecule has 2 N–H and O–H groups in total. The Kier molecular flexibility index (Phi) is 5.79. The van der Waals surface area contributed by atoms with Crippen LogP contribution >= 0.6 is 11.8 Å². The largest absolute Gasteiger partial charge is 0.338 e. The molecule has 5 heteroatoms. The van der Waals surface area contributed by atoms with E-state index in [0.717, 1.165) is 44.8 Å². The van der Waals surface area contributed by atoms with Gasteiger partial charge in [0.05, 0.1) is 0 Å². The molecule has 18 heavy (non-hydrogen) atoms. The number of carbonyl (C=O) groups excluding carboxylic acids is 1. The lowest BCUT2D eigenvalue weighted by atomic mass is 10.1. The molecule has 2 atom stereocenters. The van der Waals surface area contributed by atoms with Gasteiger partial charge in [0.1, 0.15) is 0 Å². The molecule has 4 nitrogen and oxygen atoms in total. The van der Waals surface area contributed by atoms with Crippen molar-refractivity contribution in [3.8, 4) is 0 Å². The van der Waals surface area contributed by atoms with Crippen molar-refractivity contribution in [2.45, 2.75) is 38.3 Å². The smallest absolute Gasteiger partial charge is 0.224 e. The van der Waals surface area contributed by atoms with Crippen LogP contribution in [0.3, 0.4) is 0 Å². The Balaban J connectivity index is 1.85. The minimum atomic E-state index is 0.338. The molecule has 0 aliphatic carbocycles. The van der Waals surface area contributed by atoms with E-state index < -0.39 is 0 Å². The first-order chi connectivity index (χ1) is 8.81. The van der Waals surface area contributed by atoms with Crippen LogP contribution in [0, 0.1) is 0 Å². The van der Waals surface area contributed by atoms with Gasteiger partial charge in [-0.1, -0.05) is 6.92 Å². The fourth-order valence-corrected chi connectivity index (χ4v) is 3.69. The molecule has 2 aliphatic rings. The Morgan fingerprint density at radius 3 is 2.94 bits per heavy atom. The number of carbonyl (C=O) groups is 1. The third-order valence-corrected chi connectivity index (χ3v) is 4.81. The van der Waals surface area contributed by atoms with Crippen molar-refractivity contribution in [2.75, 3.05) is 37.7 Å². The Hall–Kier alpha value is -0.260. The van der Waals surface area contributed by atoms with Crippen LogP contribution in [0.2, 0.25) is 0 Å². The summed E-state index contributed by atoms with van der Waals surface area (Å²) in [6, 6.07) is 0.804. The monoisotopic (exact) mass is 271 g/mol. The summed E-state index contributed by atoms with van der Waals surface area (Å²) < 4.78 is 0. The highest BCUT2D eigenvalue weighted by atomic mass is 32.2. The molecular formula is C13H25N3OS. The van der Waals surface area contributed by atoms with Crippen LogP contribution in [-0.2, 0) is 4.79 Å². The summed E-state index contributed by atoms with van der Waals surface area (Å²) in [5, 5.41) is 6.81. The summed E-state index contributed by atoms with van der Waals surface area (Å²) in [7, 11) is 0. The molecule has 0 saturated carbocycles. The van der Waals surface area contributed by atoms with Crippen LogP contribution < -0.4 is 10.6 Å². The fraction of sp³-hybridized carbons (Fsp3) is 0.923. The van der Waals surface area contributed by atoms with E-state index in [9.17, 15) is 4.79 Å². The molecule has 1 amide bonds. The van der Waals surface area contributed by atoms with E-state index in [2.05, 4.69) is 22.5 Å². The minimum absolute atomic E-state index is 0.338. The summed E-state index contributed by atoms with van der Waals surface area (Å²) >= 11 is 1.96. The predicted octanol–water partition coefficient (Wildman–Crippen LogP) is 0.682. The van der Waals surface area contributed by atoms with E-state index in [4.69, 9.17) is 0 Å². The molecule has 0 bridgehead atoms. The van der Waals surface area contributed by atoms with Gasteiger partial charge in [0.2, 0.25) is 5.91 Å². The Bertz CT molecular complexity index is 263. The molecule has 2 aliphatic heterocycles. The molecule has 0 radical (unpaired) electrons. The van der Waals surface area contributed by atoms with Crippen LogP contribution in [0.15, 0.2) is 0 Å². The lowest BCUT2D eigenvalue weighted by molar-refractivity contribution is -0.133. The zero-order chi connectivity index (χ0) is 12.8. The van der Waals surface area contributed by atoms with Crippen LogP contribution in [0.4, 0.5) is 0 Å². The van der Waals surface area contributed by atoms with E-state index in [1.807, 2.05) is 11.8 Å². The van der Waals surface area contributed by atoms with Gasteiger partial charge in [-0.15, -0.1) is 0 Å². The molecule has 2 unspecified atom stereocenters. The van der Waals surface area contributed by atoms with Gasteiger partial charge in [-0.05, 0) is 19.4 Å². The topological polar surface area (TPSA) is 44.4 Å². The van der Waals surface area contributed by atoms with Gasteiger partial charge in [0.25, 0.3) is 0 Å². The van der Waals surface area contributed by atoms with Gasteiger partial charge in [0.15, 0.2) is 0 Å². The van der Waals surface area contributed by atoms with E-state index >= 15 is 0 Å². The van der Waals surface area contributed by atoms with Gasteiger partial charge >= 0.3 is 0 Å². The van der Waals surface area contributed by atoms with Crippen LogP contribution in [0.5, 0.6) is 0 Å². The van der Waals surface area contributed by atoms with Gasteiger partial charge in [-0.3, -0.25) is 4.79 Å². The maximum Gasteiger partial charge on any atom is 0.224 e. The van der Waals surface area contributed by atoms with Gasteiger partial charge in [-0.2, -0.15) is 11.8 Å². The number of thioether (sulfide) groups is 1. The third kappa shape index (κ3) is 3.87. The molecule has 2 heterocycles. The van der Waals surface area contributed by atoms with Gasteiger partial charge < -0.3 is 15.5 Å². The highest BCUT2D eigenvalue weighted by molar-refractivity contribution is 7.99. The molecule has 0 aromatic heterocycles. The maximum absolute atomic E-state index is 12.4. The second-order valence-electron chi connectivity index (χ2n) is 5.16. The lowest BCUT2D eigenvalue weighted by Crippen LogP contribution is -2.46. The Morgan fingerprint density at radius 2 is 2.33 bits per heavy atom. The molecule has 2 fully saturated rings. The molecule has 2 saturated heterocycles. The standard InChI is InChI=1S/C13H25N3OS/c1-2-6-16(12-3-4-14-9-12)13(17)8-11-10-18-7-5-15-11/h11-12,14-15H,2-10H2,1H3. The zero-order valence-corrected chi connectivity index (χ0v) is 12.1. The highest BCUT2D eigenvalue weighted by Gasteiger charge is 2.27. The Labute approximate surface area is 114 Å². The summed E-state index contributed by atoms with van der Waals surface area (Å²) in [5.74, 6) is 2.59. The quantitative estimate of drug-likeness (QED) is 0.772. The summed E-state index contributed by atoms with van der Waals surface area (Å²) in [6.07, 6.45) is 2.83. The summed E-state index contributed by atoms with van der Waals surface area (Å²) in [4.78, 5) is 14.5. The van der Waals surface area contributed by atoms with Gasteiger partial charge in [-0.25, -0.2) is 0 Å². The fourth-order valence-electron chi connectivity index (χ4n) is 2.74. The number of rotatable bonds is 5. The highest BCUT2D eigenvalue weighted by Crippen LogP contribution is 2.15. The first kappa shape index (κ1) is 14.2. The first-order valence-corrected chi connectivity index (χ1v) is 8.28. The third-order valence-electron chi connectivity index (χ3n) is 3.68. The van der Waals surface area contributed by atoms with E-state index in [-0.39, 0.29) is 0 Å². The second-order valence-corrected chi connectivity index (χ2v) is 6.31. The van der Waals surface area contributed by atoms with Crippen molar-refractivity contribution in [3.63, 3.8) is 0 Å². The number of hydrogen-bond donors (Lipinski definition) is 2. The normalized spacial score (nSPS) is 28.3. The second kappa shape index (κ2) is 7.36. The number of hydrogen-bond acceptors (Lipinski definition) is 4. The average Bonchev–Trinajstić information content (AvgIpc) is 2.90. The molecule has 2 rings (SSSR count). The van der Waals surface area contributed by atoms with Crippen LogP contribution in [-0.4, -0.2) is 60.6 Å². The van der Waals surface area contributed by atoms with Crippen molar-refractivity contribution in [3.05, 3.63) is 0 Å². The summed E-state index contributed by atoms with van der Waals surface area (Å²) in [5.41, 5.74) is 0. The molecule has 104 valence electrons. The number of amides is 1. The molecular weight excluding hydrogens is 246 g/mol. The predicted molar refractivity (Wildman–Crippen MR) is 77.0 cm³/mol. The lowest BCUT2D eigenvalue weighted by Gasteiger charge is -2.31. The maximum atomic E-state index is 12.4. The average molecular weight is 271 g/mol. The number of nitrogens with one attached hydrogen (secondary N) is 2. The molecule has 0 spiro atoms. The summed E-state index contributed by atoms with van der Waals surface area (Å²) in [6.45, 7) is 6.12. The molecule has 0 aromatic rings. The van der Waals surface area contributed by atoms with Crippen molar-refractivity contribution in [1.29, 1.82) is 0 Å². The van der Waals surface area contributed by atoms with E-state index in [1.54, 1.807) is 0 Å². The van der Waals surface area contributed by atoms with Gasteiger partial charge in [0, 0.05) is 49.6 Å². The molecule has 0 aromatic carbocycles. The zero-order valence-electron chi connectivity index (χ0n) is 11.3.